The first-order valence-electron chi connectivity index (χ1n) is 8.26. The van der Waals surface area contributed by atoms with Crippen molar-refractivity contribution in [3.05, 3.63) is 57.6 Å². The number of thioether (sulfide) groups is 1. The zero-order chi connectivity index (χ0) is 21.2. The molecule has 0 unspecified atom stereocenters. The van der Waals surface area contributed by atoms with Crippen LogP contribution in [0.15, 0.2) is 41.3 Å². The first-order valence-corrected chi connectivity index (χ1v) is 9.24. The summed E-state index contributed by atoms with van der Waals surface area (Å²) in [6, 6.07) is 7.51. The molecule has 0 saturated carbocycles. The van der Waals surface area contributed by atoms with Gasteiger partial charge in [0.25, 0.3) is 5.69 Å². The van der Waals surface area contributed by atoms with Gasteiger partial charge in [0.2, 0.25) is 12.7 Å². The van der Waals surface area contributed by atoms with Gasteiger partial charge in [0, 0.05) is 19.7 Å². The molecule has 0 aliphatic carbocycles. The van der Waals surface area contributed by atoms with Gasteiger partial charge >= 0.3 is 6.18 Å². The standard InChI is InChI=1S/C18H15F3N2O5S/c1-22(8-11-2-4-14-15(6-11)28-10-27-14)17(24)9-29-16-5-3-12(18(19,20)21)7-13(16)23(25)26/h2-7H,8-10H2,1H3. The molecule has 1 aliphatic heterocycles. The van der Waals surface area contributed by atoms with Crippen molar-refractivity contribution in [1.29, 1.82) is 0 Å². The molecule has 0 radical (unpaired) electrons. The van der Waals surface area contributed by atoms with Crippen molar-refractivity contribution in [2.24, 2.45) is 0 Å². The second-order valence-corrected chi connectivity index (χ2v) is 7.18. The lowest BCUT2D eigenvalue weighted by atomic mass is 10.2. The summed E-state index contributed by atoms with van der Waals surface area (Å²) in [4.78, 5) is 24.0. The third-order valence-corrected chi connectivity index (χ3v) is 5.16. The molecule has 1 aliphatic rings. The van der Waals surface area contributed by atoms with Gasteiger partial charge < -0.3 is 14.4 Å². The highest BCUT2D eigenvalue weighted by Gasteiger charge is 2.33. The van der Waals surface area contributed by atoms with E-state index in [1.54, 1.807) is 25.2 Å². The minimum atomic E-state index is -4.69. The van der Waals surface area contributed by atoms with Crippen LogP contribution < -0.4 is 9.47 Å². The van der Waals surface area contributed by atoms with Gasteiger partial charge in [-0.25, -0.2) is 0 Å². The van der Waals surface area contributed by atoms with Gasteiger partial charge in [-0.05, 0) is 29.8 Å². The summed E-state index contributed by atoms with van der Waals surface area (Å²) < 4.78 is 48.8. The Balaban J connectivity index is 1.64. The molecular formula is C18H15F3N2O5S. The Hall–Kier alpha value is -2.95. The molecule has 0 aromatic heterocycles. The molecule has 0 bridgehead atoms. The Bertz CT molecular complexity index is 952. The highest BCUT2D eigenvalue weighted by atomic mass is 32.2. The molecule has 154 valence electrons. The monoisotopic (exact) mass is 428 g/mol. The average molecular weight is 428 g/mol. The molecule has 0 spiro atoms. The highest BCUT2D eigenvalue weighted by molar-refractivity contribution is 8.00. The quantitative estimate of drug-likeness (QED) is 0.392. The third-order valence-electron chi connectivity index (χ3n) is 4.12. The number of nitrogens with zero attached hydrogens (tertiary/aromatic N) is 2. The Morgan fingerprint density at radius 1 is 1.21 bits per heavy atom. The van der Waals surface area contributed by atoms with Crippen LogP contribution in [0.1, 0.15) is 11.1 Å². The maximum atomic E-state index is 12.8. The van der Waals surface area contributed by atoms with Crippen LogP contribution in [0.3, 0.4) is 0 Å². The first kappa shape index (κ1) is 20.8. The normalized spacial score (nSPS) is 12.7. The van der Waals surface area contributed by atoms with Gasteiger partial charge in [-0.15, -0.1) is 11.8 Å². The van der Waals surface area contributed by atoms with E-state index < -0.39 is 22.4 Å². The molecule has 0 N–H and O–H groups in total. The van der Waals surface area contributed by atoms with Crippen molar-refractivity contribution in [2.45, 2.75) is 17.6 Å². The zero-order valence-corrected chi connectivity index (χ0v) is 15.9. The summed E-state index contributed by atoms with van der Waals surface area (Å²) in [5.41, 5.74) is -0.994. The van der Waals surface area contributed by atoms with Crippen LogP contribution in [0.25, 0.3) is 0 Å². The fourth-order valence-electron chi connectivity index (χ4n) is 2.61. The van der Waals surface area contributed by atoms with E-state index in [4.69, 9.17) is 9.47 Å². The molecule has 0 fully saturated rings. The van der Waals surface area contributed by atoms with Crippen LogP contribution >= 0.6 is 11.8 Å². The van der Waals surface area contributed by atoms with Crippen LogP contribution in [0.5, 0.6) is 11.5 Å². The first-order chi connectivity index (χ1) is 13.6. The van der Waals surface area contributed by atoms with Crippen molar-refractivity contribution >= 4 is 23.4 Å². The van der Waals surface area contributed by atoms with E-state index in [0.717, 1.165) is 29.5 Å². The van der Waals surface area contributed by atoms with E-state index >= 15 is 0 Å². The maximum absolute atomic E-state index is 12.8. The third kappa shape index (κ3) is 4.91. The van der Waals surface area contributed by atoms with E-state index in [1.807, 2.05) is 0 Å². The number of carbonyl (C=O) groups excluding carboxylic acids is 1. The molecule has 29 heavy (non-hydrogen) atoms. The van der Waals surface area contributed by atoms with Crippen molar-refractivity contribution in [1.82, 2.24) is 4.90 Å². The lowest BCUT2D eigenvalue weighted by Gasteiger charge is -2.17. The summed E-state index contributed by atoms with van der Waals surface area (Å²) in [5, 5.41) is 11.1. The zero-order valence-electron chi connectivity index (χ0n) is 15.1. The van der Waals surface area contributed by atoms with Gasteiger partial charge in [0.1, 0.15) is 0 Å². The van der Waals surface area contributed by atoms with Crippen LogP contribution in [0.2, 0.25) is 0 Å². The molecule has 7 nitrogen and oxygen atoms in total. The number of fused-ring (bicyclic) bond motifs is 1. The SMILES string of the molecule is CN(Cc1ccc2c(c1)OCO2)C(=O)CSc1ccc(C(F)(F)F)cc1[N+](=O)[O-]. The number of benzene rings is 2. The van der Waals surface area contributed by atoms with Gasteiger partial charge in [0.05, 0.1) is 21.1 Å². The molecule has 2 aromatic rings. The number of alkyl halides is 3. The fraction of sp³-hybridized carbons (Fsp3) is 0.278. The van der Waals surface area contributed by atoms with Crippen LogP contribution in [-0.2, 0) is 17.5 Å². The van der Waals surface area contributed by atoms with Crippen molar-refractivity contribution in [2.75, 3.05) is 19.6 Å². The second kappa shape index (κ2) is 8.19. The van der Waals surface area contributed by atoms with E-state index in [9.17, 15) is 28.1 Å². The number of nitro groups is 1. The number of carbonyl (C=O) groups is 1. The molecule has 0 saturated heterocycles. The number of rotatable bonds is 6. The largest absolute Gasteiger partial charge is 0.454 e. The average Bonchev–Trinajstić information content (AvgIpc) is 3.12. The molecule has 2 aromatic carbocycles. The summed E-state index contributed by atoms with van der Waals surface area (Å²) in [6.45, 7) is 0.404. The van der Waals surface area contributed by atoms with E-state index in [1.165, 1.54) is 4.90 Å². The summed E-state index contributed by atoms with van der Waals surface area (Å²) in [6.07, 6.45) is -4.69. The number of hydrogen-bond donors (Lipinski definition) is 0. The topological polar surface area (TPSA) is 81.9 Å². The van der Waals surface area contributed by atoms with Crippen LogP contribution in [0.4, 0.5) is 18.9 Å². The smallest absolute Gasteiger partial charge is 0.416 e. The lowest BCUT2D eigenvalue weighted by molar-refractivity contribution is -0.388. The second-order valence-electron chi connectivity index (χ2n) is 6.16. The minimum Gasteiger partial charge on any atom is -0.454 e. The molecule has 1 amide bonds. The van der Waals surface area contributed by atoms with Gasteiger partial charge in [-0.1, -0.05) is 6.07 Å². The lowest BCUT2D eigenvalue weighted by Crippen LogP contribution is -2.27. The number of amides is 1. The van der Waals surface area contributed by atoms with Crippen LogP contribution in [-0.4, -0.2) is 35.3 Å². The molecule has 1 heterocycles. The van der Waals surface area contributed by atoms with E-state index in [2.05, 4.69) is 0 Å². The Labute approximate surface area is 167 Å². The number of hydrogen-bond acceptors (Lipinski definition) is 6. The number of nitro benzene ring substituents is 1. The van der Waals surface area contributed by atoms with E-state index in [0.29, 0.717) is 17.6 Å². The maximum Gasteiger partial charge on any atom is 0.416 e. The van der Waals surface area contributed by atoms with Crippen molar-refractivity contribution in [3.8, 4) is 11.5 Å². The number of halogens is 3. The molecule has 11 heteroatoms. The van der Waals surface area contributed by atoms with Gasteiger partial charge in [-0.3, -0.25) is 14.9 Å². The summed E-state index contributed by atoms with van der Waals surface area (Å²) in [5.74, 6) is 0.709. The summed E-state index contributed by atoms with van der Waals surface area (Å²) >= 11 is 0.817. The Morgan fingerprint density at radius 2 is 1.93 bits per heavy atom. The molecular weight excluding hydrogens is 413 g/mol. The number of ether oxygens (including phenoxy) is 2. The highest BCUT2D eigenvalue weighted by Crippen LogP contribution is 2.37. The van der Waals surface area contributed by atoms with Crippen molar-refractivity contribution < 1.29 is 32.4 Å². The van der Waals surface area contributed by atoms with Gasteiger partial charge in [0.15, 0.2) is 11.5 Å². The minimum absolute atomic E-state index is 0.00664. The van der Waals surface area contributed by atoms with Gasteiger partial charge in [-0.2, -0.15) is 13.2 Å². The Kier molecular flexibility index (Phi) is 5.87. The predicted molar refractivity (Wildman–Crippen MR) is 97.9 cm³/mol. The molecule has 3 rings (SSSR count). The molecule has 0 atom stereocenters. The van der Waals surface area contributed by atoms with Crippen molar-refractivity contribution in [3.63, 3.8) is 0 Å². The summed E-state index contributed by atoms with van der Waals surface area (Å²) in [7, 11) is 1.56. The van der Waals surface area contributed by atoms with E-state index in [-0.39, 0.29) is 29.9 Å². The predicted octanol–water partition coefficient (Wildman–Crippen LogP) is 4.09. The fourth-order valence-corrected chi connectivity index (χ4v) is 3.55. The van der Waals surface area contributed by atoms with Crippen LogP contribution in [0, 0.1) is 10.1 Å². The Morgan fingerprint density at radius 3 is 2.62 bits per heavy atom.